The van der Waals surface area contributed by atoms with E-state index >= 15 is 0 Å². The quantitative estimate of drug-likeness (QED) is 0.850. The van der Waals surface area contributed by atoms with Crippen molar-refractivity contribution in [2.24, 2.45) is 0 Å². The predicted octanol–water partition coefficient (Wildman–Crippen LogP) is 3.74. The van der Waals surface area contributed by atoms with Gasteiger partial charge in [0.1, 0.15) is 5.72 Å². The molecule has 0 amide bonds. The largest absolute Gasteiger partial charge is 0.416 e. The summed E-state index contributed by atoms with van der Waals surface area (Å²) in [5.41, 5.74) is -2.74. The Morgan fingerprint density at radius 1 is 1.15 bits per heavy atom. The Morgan fingerprint density at radius 3 is 2.30 bits per heavy atom. The Balaban J connectivity index is 2.55. The minimum Gasteiger partial charge on any atom is -0.371 e. The zero-order chi connectivity index (χ0) is 15.2. The summed E-state index contributed by atoms with van der Waals surface area (Å²) in [6.07, 6.45) is -3.46. The van der Waals surface area contributed by atoms with Gasteiger partial charge in [-0.05, 0) is 39.7 Å². The zero-order valence-electron chi connectivity index (χ0n) is 12.0. The van der Waals surface area contributed by atoms with E-state index in [2.05, 4.69) is 0 Å². The topological polar surface area (TPSA) is 23.5 Å². The van der Waals surface area contributed by atoms with E-state index in [-0.39, 0.29) is 5.56 Å². The van der Waals surface area contributed by atoms with Gasteiger partial charge in [0, 0.05) is 17.6 Å². The van der Waals surface area contributed by atoms with Gasteiger partial charge in [0.15, 0.2) is 0 Å². The third kappa shape index (κ3) is 2.56. The van der Waals surface area contributed by atoms with Crippen molar-refractivity contribution in [3.05, 3.63) is 35.4 Å². The van der Waals surface area contributed by atoms with Gasteiger partial charge in [-0.15, -0.1) is 0 Å². The van der Waals surface area contributed by atoms with Crippen LogP contribution in [0.5, 0.6) is 0 Å². The lowest BCUT2D eigenvalue weighted by Gasteiger charge is -2.43. The molecule has 2 rings (SSSR count). The molecular weight excluding hydrogens is 267 g/mol. The molecular formula is C15H20F3NO. The van der Waals surface area contributed by atoms with Crippen molar-refractivity contribution in [1.82, 2.24) is 4.90 Å². The Morgan fingerprint density at radius 2 is 1.75 bits per heavy atom. The van der Waals surface area contributed by atoms with Crippen LogP contribution in [0.1, 0.15) is 44.7 Å². The monoisotopic (exact) mass is 287 g/mol. The normalized spacial score (nSPS) is 25.1. The van der Waals surface area contributed by atoms with E-state index in [0.29, 0.717) is 19.4 Å². The molecule has 1 unspecified atom stereocenters. The molecule has 1 aliphatic heterocycles. The van der Waals surface area contributed by atoms with E-state index in [0.717, 1.165) is 6.07 Å². The first-order chi connectivity index (χ1) is 9.07. The molecule has 0 aliphatic carbocycles. The van der Waals surface area contributed by atoms with E-state index in [1.165, 1.54) is 12.1 Å². The summed E-state index contributed by atoms with van der Waals surface area (Å²) in [6, 6.07) is 5.31. The van der Waals surface area contributed by atoms with E-state index < -0.39 is 23.0 Å². The van der Waals surface area contributed by atoms with Crippen LogP contribution in [0.3, 0.4) is 0 Å². The molecule has 1 N–H and O–H groups in total. The molecule has 0 bridgehead atoms. The predicted molar refractivity (Wildman–Crippen MR) is 71.0 cm³/mol. The van der Waals surface area contributed by atoms with Gasteiger partial charge in [-0.25, -0.2) is 0 Å². The molecule has 0 spiro atoms. The van der Waals surface area contributed by atoms with Gasteiger partial charge >= 0.3 is 6.18 Å². The van der Waals surface area contributed by atoms with Crippen molar-refractivity contribution in [2.75, 3.05) is 6.54 Å². The number of likely N-dealkylation sites (tertiary alicyclic amines) is 1. The molecule has 1 aromatic carbocycles. The highest BCUT2D eigenvalue weighted by Gasteiger charge is 2.49. The Bertz CT molecular complexity index is 493. The number of hydrogen-bond donors (Lipinski definition) is 1. The van der Waals surface area contributed by atoms with Crippen LogP contribution in [0.4, 0.5) is 13.2 Å². The lowest BCUT2D eigenvalue weighted by Crippen LogP contribution is -2.52. The van der Waals surface area contributed by atoms with Gasteiger partial charge < -0.3 is 5.11 Å². The zero-order valence-corrected chi connectivity index (χ0v) is 12.0. The highest BCUT2D eigenvalue weighted by atomic mass is 19.4. The van der Waals surface area contributed by atoms with Crippen LogP contribution in [0.2, 0.25) is 0 Å². The molecule has 1 fully saturated rings. The fourth-order valence-electron chi connectivity index (χ4n) is 3.05. The molecule has 112 valence electrons. The van der Waals surface area contributed by atoms with Crippen molar-refractivity contribution in [2.45, 2.75) is 51.1 Å². The van der Waals surface area contributed by atoms with Crippen molar-refractivity contribution in [3.8, 4) is 0 Å². The molecule has 5 heteroatoms. The Labute approximate surface area is 117 Å². The summed E-state index contributed by atoms with van der Waals surface area (Å²) in [6.45, 7) is 6.30. The van der Waals surface area contributed by atoms with Crippen LogP contribution in [0, 0.1) is 0 Å². The van der Waals surface area contributed by atoms with Crippen molar-refractivity contribution >= 4 is 0 Å². The maximum Gasteiger partial charge on any atom is 0.416 e. The van der Waals surface area contributed by atoms with Gasteiger partial charge in [0.05, 0.1) is 5.56 Å². The van der Waals surface area contributed by atoms with Crippen LogP contribution in [0.15, 0.2) is 24.3 Å². The second-order valence-electron chi connectivity index (χ2n) is 6.29. The van der Waals surface area contributed by atoms with Crippen LogP contribution in [-0.2, 0) is 11.9 Å². The molecule has 2 nitrogen and oxygen atoms in total. The fraction of sp³-hybridized carbons (Fsp3) is 0.600. The first-order valence-electron chi connectivity index (χ1n) is 6.73. The molecule has 0 aromatic heterocycles. The molecule has 1 aliphatic rings. The SMILES string of the molecule is CC(C)(C)N1CCCC1(O)c1ccccc1C(F)(F)F. The maximum absolute atomic E-state index is 13.2. The van der Waals surface area contributed by atoms with Gasteiger partial charge in [-0.2, -0.15) is 13.2 Å². The van der Waals surface area contributed by atoms with Gasteiger partial charge in [-0.1, -0.05) is 18.2 Å². The molecule has 1 atom stereocenters. The number of nitrogens with zero attached hydrogens (tertiary/aromatic N) is 1. The third-order valence-electron chi connectivity index (χ3n) is 3.83. The summed E-state index contributed by atoms with van der Waals surface area (Å²) < 4.78 is 39.5. The van der Waals surface area contributed by atoms with E-state index in [1.54, 1.807) is 11.0 Å². The van der Waals surface area contributed by atoms with E-state index in [9.17, 15) is 18.3 Å². The third-order valence-corrected chi connectivity index (χ3v) is 3.83. The highest BCUT2D eigenvalue weighted by Crippen LogP contribution is 2.45. The number of hydrogen-bond acceptors (Lipinski definition) is 2. The fourth-order valence-corrected chi connectivity index (χ4v) is 3.05. The highest BCUT2D eigenvalue weighted by molar-refractivity contribution is 5.35. The molecule has 1 heterocycles. The van der Waals surface area contributed by atoms with Crippen LogP contribution >= 0.6 is 0 Å². The average Bonchev–Trinajstić information content (AvgIpc) is 2.71. The number of aliphatic hydroxyl groups is 1. The summed E-state index contributed by atoms with van der Waals surface area (Å²) in [5, 5.41) is 10.9. The number of alkyl halides is 3. The second kappa shape index (κ2) is 4.74. The van der Waals surface area contributed by atoms with Crippen molar-refractivity contribution < 1.29 is 18.3 Å². The second-order valence-corrected chi connectivity index (χ2v) is 6.29. The maximum atomic E-state index is 13.2. The molecule has 1 aromatic rings. The van der Waals surface area contributed by atoms with Gasteiger partial charge in [-0.3, -0.25) is 4.90 Å². The molecule has 1 saturated heterocycles. The van der Waals surface area contributed by atoms with Gasteiger partial charge in [0.2, 0.25) is 0 Å². The first kappa shape index (κ1) is 15.3. The number of rotatable bonds is 1. The first-order valence-corrected chi connectivity index (χ1v) is 6.73. The summed E-state index contributed by atoms with van der Waals surface area (Å²) in [7, 11) is 0. The smallest absolute Gasteiger partial charge is 0.371 e. The van der Waals surface area contributed by atoms with Crippen LogP contribution in [-0.4, -0.2) is 22.1 Å². The minimum absolute atomic E-state index is 0.0417. The van der Waals surface area contributed by atoms with E-state index in [4.69, 9.17) is 0 Å². The van der Waals surface area contributed by atoms with Crippen molar-refractivity contribution in [1.29, 1.82) is 0 Å². The molecule has 20 heavy (non-hydrogen) atoms. The number of benzene rings is 1. The summed E-state index contributed by atoms with van der Waals surface area (Å²) in [5.74, 6) is 0. The molecule has 0 radical (unpaired) electrons. The Hall–Kier alpha value is -1.07. The summed E-state index contributed by atoms with van der Waals surface area (Å²) >= 11 is 0. The van der Waals surface area contributed by atoms with Gasteiger partial charge in [0.25, 0.3) is 0 Å². The molecule has 0 saturated carbocycles. The lowest BCUT2D eigenvalue weighted by molar-refractivity contribution is -0.154. The number of halogens is 3. The minimum atomic E-state index is -4.46. The standard InChI is InChI=1S/C15H20F3NO/c1-13(2,3)19-10-6-9-14(19,20)11-7-4-5-8-12(11)15(16,17)18/h4-5,7-8,20H,6,9-10H2,1-3H3. The van der Waals surface area contributed by atoms with Crippen LogP contribution < -0.4 is 0 Å². The van der Waals surface area contributed by atoms with Crippen LogP contribution in [0.25, 0.3) is 0 Å². The summed E-state index contributed by atoms with van der Waals surface area (Å²) in [4.78, 5) is 1.75. The van der Waals surface area contributed by atoms with Crippen molar-refractivity contribution in [3.63, 3.8) is 0 Å². The Kier molecular flexibility index (Phi) is 3.63. The average molecular weight is 287 g/mol. The lowest BCUT2D eigenvalue weighted by atomic mass is 9.91. The van der Waals surface area contributed by atoms with E-state index in [1.807, 2.05) is 20.8 Å².